The number of benzene rings is 3. The molecule has 0 aliphatic carbocycles. The Morgan fingerprint density at radius 2 is 1.74 bits per heavy atom. The molecule has 35 heavy (non-hydrogen) atoms. The number of methoxy groups -OCH3 is 2. The zero-order valence-electron chi connectivity index (χ0n) is 19.8. The predicted octanol–water partition coefficient (Wildman–Crippen LogP) is 1.75. The van der Waals surface area contributed by atoms with Crippen LogP contribution in [0.15, 0.2) is 60.8 Å². The maximum Gasteiger partial charge on any atom is 0.231 e. The second-order valence-corrected chi connectivity index (χ2v) is 8.64. The van der Waals surface area contributed by atoms with E-state index >= 15 is 0 Å². The number of nitrogens with zero attached hydrogens (tertiary/aromatic N) is 1. The van der Waals surface area contributed by atoms with E-state index in [9.17, 15) is 0 Å². The fourth-order valence-corrected chi connectivity index (χ4v) is 4.90. The van der Waals surface area contributed by atoms with E-state index in [1.165, 1.54) is 27.8 Å². The highest BCUT2D eigenvalue weighted by Gasteiger charge is 2.28. The van der Waals surface area contributed by atoms with Gasteiger partial charge in [-0.1, -0.05) is 18.2 Å². The molecule has 0 unspecified atom stereocenters. The van der Waals surface area contributed by atoms with Gasteiger partial charge in [-0.25, -0.2) is 0 Å². The number of pyridine rings is 1. The molecule has 1 N–H and O–H groups in total. The van der Waals surface area contributed by atoms with Crippen LogP contribution >= 0.6 is 0 Å². The summed E-state index contributed by atoms with van der Waals surface area (Å²) in [5.74, 6) is 3.39. The average molecular weight is 491 g/mol. The van der Waals surface area contributed by atoms with Gasteiger partial charge in [-0.3, -0.25) is 0 Å². The molecular formula is C28H27ClN2O4. The Balaban J connectivity index is 0.00000253. The standard InChI is InChI=1S/C28H26N2O4.ClH/c1-31-21-6-3-18(4-7-21)9-11-29-28-23-16-30-12-10-20-14-26-27(34-17-33-26)15-22(20)24(30)13-19(23)5-8-25(28)32-2;/h3-8,13-16H,9-12,17H2,1-2H3;1H. The van der Waals surface area contributed by atoms with Gasteiger partial charge in [0.2, 0.25) is 12.5 Å². The van der Waals surface area contributed by atoms with Gasteiger partial charge < -0.3 is 36.7 Å². The first-order chi connectivity index (χ1) is 16.7. The zero-order valence-corrected chi connectivity index (χ0v) is 20.5. The molecule has 0 radical (unpaired) electrons. The van der Waals surface area contributed by atoms with Gasteiger partial charge in [-0.05, 0) is 53.3 Å². The molecule has 3 heterocycles. The first-order valence-electron chi connectivity index (χ1n) is 11.6. The Labute approximate surface area is 210 Å². The van der Waals surface area contributed by atoms with Crippen molar-refractivity contribution in [1.82, 2.24) is 0 Å². The smallest absolute Gasteiger partial charge is 0.231 e. The lowest BCUT2D eigenvalue weighted by Crippen LogP contribution is -3.00. The molecular weight excluding hydrogens is 464 g/mol. The van der Waals surface area contributed by atoms with Crippen LogP contribution in [0.2, 0.25) is 0 Å². The summed E-state index contributed by atoms with van der Waals surface area (Å²) in [6.45, 7) is 2.01. The Kier molecular flexibility index (Phi) is 6.31. The molecule has 6 rings (SSSR count). The minimum atomic E-state index is 0. The minimum absolute atomic E-state index is 0. The van der Waals surface area contributed by atoms with E-state index in [-0.39, 0.29) is 12.4 Å². The molecule has 0 bridgehead atoms. The third-order valence-corrected chi connectivity index (χ3v) is 6.72. The van der Waals surface area contributed by atoms with Crippen molar-refractivity contribution >= 4 is 16.5 Å². The Morgan fingerprint density at radius 3 is 2.51 bits per heavy atom. The van der Waals surface area contributed by atoms with Gasteiger partial charge in [0.05, 0.1) is 30.9 Å². The van der Waals surface area contributed by atoms with Crippen molar-refractivity contribution < 1.29 is 35.9 Å². The monoisotopic (exact) mass is 490 g/mol. The largest absolute Gasteiger partial charge is 1.00 e. The third kappa shape index (κ3) is 4.19. The fourth-order valence-electron chi connectivity index (χ4n) is 4.90. The molecule has 0 amide bonds. The topological polar surface area (TPSA) is 52.8 Å². The first-order valence-corrected chi connectivity index (χ1v) is 11.6. The summed E-state index contributed by atoms with van der Waals surface area (Å²) in [6.07, 6.45) is 4.11. The first kappa shape index (κ1) is 23.1. The maximum absolute atomic E-state index is 5.72. The molecule has 0 saturated carbocycles. The molecule has 0 fully saturated rings. The molecule has 2 aliphatic heterocycles. The van der Waals surface area contributed by atoms with Crippen molar-refractivity contribution in [2.45, 2.75) is 19.4 Å². The summed E-state index contributed by atoms with van der Waals surface area (Å²) in [6, 6.07) is 18.9. The van der Waals surface area contributed by atoms with E-state index < -0.39 is 0 Å². The second-order valence-electron chi connectivity index (χ2n) is 8.64. The van der Waals surface area contributed by atoms with E-state index in [0.29, 0.717) is 6.79 Å². The van der Waals surface area contributed by atoms with E-state index in [1.54, 1.807) is 14.2 Å². The summed E-state index contributed by atoms with van der Waals surface area (Å²) >= 11 is 0. The fraction of sp³-hybridized carbons (Fsp3) is 0.250. The number of anilines is 1. The number of aryl methyl sites for hydroxylation is 2. The van der Waals surface area contributed by atoms with E-state index in [2.05, 4.69) is 52.5 Å². The summed E-state index contributed by atoms with van der Waals surface area (Å²) in [4.78, 5) is 0. The summed E-state index contributed by atoms with van der Waals surface area (Å²) in [7, 11) is 3.41. The minimum Gasteiger partial charge on any atom is -1.00 e. The van der Waals surface area contributed by atoms with Crippen LogP contribution in [-0.2, 0) is 19.4 Å². The normalized spacial score (nSPS) is 13.0. The van der Waals surface area contributed by atoms with E-state index in [4.69, 9.17) is 18.9 Å². The van der Waals surface area contributed by atoms with Crippen LogP contribution < -0.4 is 41.2 Å². The average Bonchev–Trinajstić information content (AvgIpc) is 3.34. The van der Waals surface area contributed by atoms with Crippen LogP contribution in [0.4, 0.5) is 5.69 Å². The van der Waals surface area contributed by atoms with Crippen LogP contribution in [0, 0.1) is 0 Å². The highest BCUT2D eigenvalue weighted by molar-refractivity contribution is 5.97. The molecule has 0 saturated heterocycles. The molecule has 7 heteroatoms. The summed E-state index contributed by atoms with van der Waals surface area (Å²) in [5.41, 5.74) is 5.99. The number of ether oxygens (including phenoxy) is 4. The van der Waals surface area contributed by atoms with E-state index in [1.807, 2.05) is 18.2 Å². The molecule has 6 nitrogen and oxygen atoms in total. The van der Waals surface area contributed by atoms with Crippen LogP contribution in [-0.4, -0.2) is 27.6 Å². The lowest BCUT2D eigenvalue weighted by atomic mass is 9.95. The van der Waals surface area contributed by atoms with Crippen molar-refractivity contribution in [3.05, 3.63) is 71.9 Å². The molecule has 1 aromatic heterocycles. The lowest BCUT2D eigenvalue weighted by molar-refractivity contribution is -0.686. The van der Waals surface area contributed by atoms with Crippen molar-refractivity contribution in [3.63, 3.8) is 0 Å². The number of aromatic nitrogens is 1. The van der Waals surface area contributed by atoms with Crippen molar-refractivity contribution in [2.24, 2.45) is 0 Å². The van der Waals surface area contributed by atoms with Gasteiger partial charge in [0, 0.05) is 19.0 Å². The molecule has 2 aliphatic rings. The number of halogens is 1. The van der Waals surface area contributed by atoms with Crippen LogP contribution in [0.3, 0.4) is 0 Å². The van der Waals surface area contributed by atoms with Crippen molar-refractivity contribution in [2.75, 3.05) is 32.9 Å². The Hall–Kier alpha value is -3.64. The lowest BCUT2D eigenvalue weighted by Gasteiger charge is -2.18. The molecule has 0 atom stereocenters. The van der Waals surface area contributed by atoms with Crippen molar-refractivity contribution in [1.29, 1.82) is 0 Å². The van der Waals surface area contributed by atoms with Crippen molar-refractivity contribution in [3.8, 4) is 34.3 Å². The van der Waals surface area contributed by atoms with Gasteiger partial charge in [0.1, 0.15) is 11.5 Å². The van der Waals surface area contributed by atoms with Crippen LogP contribution in [0.1, 0.15) is 11.1 Å². The number of nitrogens with one attached hydrogen (secondary N) is 1. The molecule has 180 valence electrons. The van der Waals surface area contributed by atoms with Gasteiger partial charge >= 0.3 is 0 Å². The molecule has 3 aromatic carbocycles. The van der Waals surface area contributed by atoms with Gasteiger partial charge in [-0.2, -0.15) is 4.57 Å². The second kappa shape index (κ2) is 9.55. The Morgan fingerprint density at radius 1 is 0.943 bits per heavy atom. The highest BCUT2D eigenvalue weighted by Crippen LogP contribution is 2.41. The number of fused-ring (bicyclic) bond motifs is 5. The van der Waals surface area contributed by atoms with Crippen LogP contribution in [0.25, 0.3) is 22.0 Å². The quantitative estimate of drug-likeness (QED) is 0.417. The van der Waals surface area contributed by atoms with E-state index in [0.717, 1.165) is 60.0 Å². The predicted molar refractivity (Wildman–Crippen MR) is 131 cm³/mol. The number of rotatable bonds is 6. The highest BCUT2D eigenvalue weighted by atomic mass is 35.5. The number of hydrogen-bond donors (Lipinski definition) is 1. The summed E-state index contributed by atoms with van der Waals surface area (Å²) < 4.78 is 24.5. The third-order valence-electron chi connectivity index (χ3n) is 6.72. The van der Waals surface area contributed by atoms with Crippen LogP contribution in [0.5, 0.6) is 23.0 Å². The zero-order chi connectivity index (χ0) is 23.1. The number of hydrogen-bond acceptors (Lipinski definition) is 5. The SMILES string of the molecule is COc1ccc(CCNc2c(OC)ccc3cc4[n+](cc23)CCc2cc3c(cc2-4)OCO3)cc1.[Cl-]. The van der Waals surface area contributed by atoms with Gasteiger partial charge in [0.25, 0.3) is 0 Å². The summed E-state index contributed by atoms with van der Waals surface area (Å²) in [5, 5.41) is 5.96. The Bertz CT molecular complexity index is 1390. The maximum atomic E-state index is 5.72. The molecule has 0 spiro atoms. The van der Waals surface area contributed by atoms with Gasteiger partial charge in [0.15, 0.2) is 24.2 Å². The molecule has 4 aromatic rings. The van der Waals surface area contributed by atoms with Gasteiger partial charge in [-0.15, -0.1) is 0 Å².